The van der Waals surface area contributed by atoms with E-state index in [-0.39, 0.29) is 6.04 Å². The molecule has 2 rings (SSSR count). The fourth-order valence-corrected chi connectivity index (χ4v) is 2.50. The molecule has 1 aromatic rings. The third-order valence-electron chi connectivity index (χ3n) is 2.72. The third kappa shape index (κ3) is 2.95. The Balaban J connectivity index is 2.27. The van der Waals surface area contributed by atoms with Crippen LogP contribution in [0.4, 0.5) is 0 Å². The summed E-state index contributed by atoms with van der Waals surface area (Å²) in [5.74, 6) is 0.751. The van der Waals surface area contributed by atoms with Gasteiger partial charge < -0.3 is 10.1 Å². The first-order valence-corrected chi connectivity index (χ1v) is 6.33. The molecular formula is C13H15Cl2NO. The van der Waals surface area contributed by atoms with Gasteiger partial charge in [-0.05, 0) is 19.1 Å². The van der Waals surface area contributed by atoms with Gasteiger partial charge in [0.15, 0.2) is 0 Å². The first-order valence-electron chi connectivity index (χ1n) is 5.57. The van der Waals surface area contributed by atoms with E-state index >= 15 is 0 Å². The lowest BCUT2D eigenvalue weighted by molar-refractivity contribution is 0.255. The molecule has 0 spiro atoms. The highest BCUT2D eigenvalue weighted by Gasteiger charge is 2.23. The molecule has 0 aliphatic carbocycles. The summed E-state index contributed by atoms with van der Waals surface area (Å²) in [6.45, 7) is 7.34. The van der Waals surface area contributed by atoms with Crippen LogP contribution in [0.5, 0.6) is 5.75 Å². The van der Waals surface area contributed by atoms with E-state index in [4.69, 9.17) is 27.9 Å². The minimum atomic E-state index is 0.228. The van der Waals surface area contributed by atoms with Crippen LogP contribution in [0.1, 0.15) is 24.9 Å². The van der Waals surface area contributed by atoms with Gasteiger partial charge in [-0.2, -0.15) is 0 Å². The molecule has 0 fully saturated rings. The fourth-order valence-electron chi connectivity index (χ4n) is 1.94. The van der Waals surface area contributed by atoms with E-state index < -0.39 is 0 Å². The molecule has 0 saturated carbocycles. The SMILES string of the molecule is C=C(C)CNC1CCOc2c(Cl)cc(Cl)cc21. The van der Waals surface area contributed by atoms with Crippen molar-refractivity contribution in [3.63, 3.8) is 0 Å². The van der Waals surface area contributed by atoms with Crippen molar-refractivity contribution in [2.75, 3.05) is 13.2 Å². The number of nitrogens with one attached hydrogen (secondary N) is 1. The van der Waals surface area contributed by atoms with Gasteiger partial charge >= 0.3 is 0 Å². The maximum absolute atomic E-state index is 6.12. The third-order valence-corrected chi connectivity index (χ3v) is 3.21. The standard InChI is InChI=1S/C13H15Cl2NO/c1-8(2)7-16-12-3-4-17-13-10(12)5-9(14)6-11(13)15/h5-6,12,16H,1,3-4,7H2,2H3. The summed E-state index contributed by atoms with van der Waals surface area (Å²) in [7, 11) is 0. The Labute approximate surface area is 112 Å². The van der Waals surface area contributed by atoms with E-state index in [9.17, 15) is 0 Å². The molecule has 1 N–H and O–H groups in total. The van der Waals surface area contributed by atoms with Gasteiger partial charge in [0.05, 0.1) is 11.6 Å². The Bertz CT molecular complexity index is 445. The van der Waals surface area contributed by atoms with Gasteiger partial charge in [0.25, 0.3) is 0 Å². The molecular weight excluding hydrogens is 257 g/mol. The number of hydrogen-bond donors (Lipinski definition) is 1. The van der Waals surface area contributed by atoms with Crippen LogP contribution in [0.3, 0.4) is 0 Å². The zero-order valence-corrected chi connectivity index (χ0v) is 11.2. The van der Waals surface area contributed by atoms with E-state index in [2.05, 4.69) is 11.9 Å². The predicted octanol–water partition coefficient (Wildman–Crippen LogP) is 3.98. The van der Waals surface area contributed by atoms with Crippen molar-refractivity contribution >= 4 is 23.2 Å². The summed E-state index contributed by atoms with van der Waals surface area (Å²) in [5, 5.41) is 4.65. The normalized spacial score (nSPS) is 18.4. The maximum atomic E-state index is 6.12. The molecule has 17 heavy (non-hydrogen) atoms. The summed E-state index contributed by atoms with van der Waals surface area (Å²) in [6.07, 6.45) is 0.914. The minimum Gasteiger partial charge on any atom is -0.492 e. The molecule has 0 radical (unpaired) electrons. The maximum Gasteiger partial charge on any atom is 0.142 e. The van der Waals surface area contributed by atoms with Crippen molar-refractivity contribution < 1.29 is 4.74 Å². The van der Waals surface area contributed by atoms with Crippen LogP contribution in [0, 0.1) is 0 Å². The van der Waals surface area contributed by atoms with Crippen molar-refractivity contribution in [2.45, 2.75) is 19.4 Å². The lowest BCUT2D eigenvalue weighted by Crippen LogP contribution is -2.28. The van der Waals surface area contributed by atoms with Crippen molar-refractivity contribution in [3.8, 4) is 5.75 Å². The number of fused-ring (bicyclic) bond motifs is 1. The number of hydrogen-bond acceptors (Lipinski definition) is 2. The molecule has 1 aliphatic rings. The molecule has 1 aromatic carbocycles. The smallest absolute Gasteiger partial charge is 0.142 e. The number of benzene rings is 1. The number of rotatable bonds is 3. The second-order valence-electron chi connectivity index (χ2n) is 4.33. The van der Waals surface area contributed by atoms with Crippen molar-refractivity contribution in [3.05, 3.63) is 39.9 Å². The van der Waals surface area contributed by atoms with Crippen molar-refractivity contribution in [1.82, 2.24) is 5.32 Å². The molecule has 1 heterocycles. The summed E-state index contributed by atoms with van der Waals surface area (Å²) < 4.78 is 5.59. The van der Waals surface area contributed by atoms with E-state index in [1.807, 2.05) is 13.0 Å². The zero-order valence-electron chi connectivity index (χ0n) is 9.72. The van der Waals surface area contributed by atoms with Gasteiger partial charge in [-0.1, -0.05) is 35.4 Å². The molecule has 1 atom stereocenters. The zero-order chi connectivity index (χ0) is 12.4. The molecule has 1 unspecified atom stereocenters. The molecule has 0 amide bonds. The largest absolute Gasteiger partial charge is 0.492 e. The summed E-state index contributed by atoms with van der Waals surface area (Å²) in [4.78, 5) is 0. The Morgan fingerprint density at radius 3 is 3.00 bits per heavy atom. The van der Waals surface area contributed by atoms with E-state index in [1.165, 1.54) is 0 Å². The fraction of sp³-hybridized carbons (Fsp3) is 0.385. The average Bonchev–Trinajstić information content (AvgIpc) is 2.26. The molecule has 0 aromatic heterocycles. The quantitative estimate of drug-likeness (QED) is 0.840. The van der Waals surface area contributed by atoms with Gasteiger partial charge in [-0.25, -0.2) is 0 Å². The lowest BCUT2D eigenvalue weighted by Gasteiger charge is -2.27. The lowest BCUT2D eigenvalue weighted by atomic mass is 10.0. The average molecular weight is 272 g/mol. The molecule has 92 valence electrons. The molecule has 4 heteroatoms. The highest BCUT2D eigenvalue weighted by molar-refractivity contribution is 6.35. The van der Waals surface area contributed by atoms with E-state index in [0.29, 0.717) is 16.7 Å². The molecule has 2 nitrogen and oxygen atoms in total. The molecule has 0 saturated heterocycles. The van der Waals surface area contributed by atoms with Crippen LogP contribution < -0.4 is 10.1 Å². The van der Waals surface area contributed by atoms with E-state index in [1.54, 1.807) is 6.07 Å². The van der Waals surface area contributed by atoms with Crippen molar-refractivity contribution in [2.24, 2.45) is 0 Å². The van der Waals surface area contributed by atoms with Crippen molar-refractivity contribution in [1.29, 1.82) is 0 Å². The van der Waals surface area contributed by atoms with Crippen LogP contribution in [0.15, 0.2) is 24.3 Å². The minimum absolute atomic E-state index is 0.228. The monoisotopic (exact) mass is 271 g/mol. The van der Waals surface area contributed by atoms with Gasteiger partial charge in [0, 0.05) is 29.6 Å². The van der Waals surface area contributed by atoms with Crippen LogP contribution in [0.25, 0.3) is 0 Å². The second-order valence-corrected chi connectivity index (χ2v) is 5.18. The topological polar surface area (TPSA) is 21.3 Å². The molecule has 1 aliphatic heterocycles. The summed E-state index contributed by atoms with van der Waals surface area (Å²) in [6, 6.07) is 3.85. The Morgan fingerprint density at radius 1 is 1.53 bits per heavy atom. The van der Waals surface area contributed by atoms with E-state index in [0.717, 1.165) is 29.9 Å². The summed E-state index contributed by atoms with van der Waals surface area (Å²) in [5.41, 5.74) is 2.14. The van der Waals surface area contributed by atoms with Crippen LogP contribution >= 0.6 is 23.2 Å². The Kier molecular flexibility index (Phi) is 3.97. The summed E-state index contributed by atoms with van der Waals surface area (Å²) >= 11 is 12.1. The second kappa shape index (κ2) is 5.30. The number of halogens is 2. The van der Waals surface area contributed by atoms with Crippen LogP contribution in [-0.2, 0) is 0 Å². The predicted molar refractivity (Wildman–Crippen MR) is 72.1 cm³/mol. The molecule has 0 bridgehead atoms. The highest BCUT2D eigenvalue weighted by atomic mass is 35.5. The highest BCUT2D eigenvalue weighted by Crippen LogP contribution is 2.39. The van der Waals surface area contributed by atoms with Gasteiger partial charge in [-0.15, -0.1) is 0 Å². The van der Waals surface area contributed by atoms with Gasteiger partial charge in [0.2, 0.25) is 0 Å². The Morgan fingerprint density at radius 2 is 2.29 bits per heavy atom. The van der Waals surface area contributed by atoms with Crippen LogP contribution in [-0.4, -0.2) is 13.2 Å². The first-order chi connectivity index (χ1) is 8.08. The van der Waals surface area contributed by atoms with Gasteiger partial charge in [0.1, 0.15) is 5.75 Å². The van der Waals surface area contributed by atoms with Gasteiger partial charge in [-0.3, -0.25) is 0 Å². The van der Waals surface area contributed by atoms with Crippen LogP contribution in [0.2, 0.25) is 10.0 Å². The number of ether oxygens (including phenoxy) is 1. The Hall–Kier alpha value is -0.700. The first kappa shape index (κ1) is 12.7.